The van der Waals surface area contributed by atoms with Crippen LogP contribution in [0.1, 0.15) is 18.2 Å². The topological polar surface area (TPSA) is 67.5 Å². The summed E-state index contributed by atoms with van der Waals surface area (Å²) >= 11 is 0. The van der Waals surface area contributed by atoms with Gasteiger partial charge in [0.15, 0.2) is 17.6 Å². The lowest BCUT2D eigenvalue weighted by atomic mass is 10.0. The van der Waals surface area contributed by atoms with Gasteiger partial charge in [-0.05, 0) is 19.1 Å². The van der Waals surface area contributed by atoms with Gasteiger partial charge in [-0.3, -0.25) is 9.89 Å². The number of H-pyrrole nitrogens is 1. The Kier molecular flexibility index (Phi) is 5.02. The predicted molar refractivity (Wildman–Crippen MR) is 106 cm³/mol. The number of para-hydroxylation sites is 2. The Bertz CT molecular complexity index is 968. The molecule has 2 aromatic carbocycles. The zero-order valence-electron chi connectivity index (χ0n) is 16.0. The fourth-order valence-corrected chi connectivity index (χ4v) is 3.53. The molecule has 1 atom stereocenters. The van der Waals surface area contributed by atoms with Gasteiger partial charge in [-0.25, -0.2) is 0 Å². The van der Waals surface area contributed by atoms with Crippen LogP contribution >= 0.6 is 0 Å². The fraction of sp³-hybridized carbons (Fsp3) is 0.273. The van der Waals surface area contributed by atoms with Gasteiger partial charge in [0.25, 0.3) is 5.91 Å². The number of aromatic amines is 1. The number of nitrogens with zero attached hydrogens (tertiary/aromatic N) is 2. The van der Waals surface area contributed by atoms with Gasteiger partial charge >= 0.3 is 0 Å². The highest BCUT2D eigenvalue weighted by Crippen LogP contribution is 2.30. The number of benzene rings is 2. The van der Waals surface area contributed by atoms with Crippen molar-refractivity contribution in [1.29, 1.82) is 0 Å². The Morgan fingerprint density at radius 3 is 2.57 bits per heavy atom. The van der Waals surface area contributed by atoms with Crippen molar-refractivity contribution in [3.05, 3.63) is 65.9 Å². The molecular weight excluding hydrogens is 354 g/mol. The number of methoxy groups -OCH3 is 1. The number of nitrogens with one attached hydrogen (secondary N) is 1. The summed E-state index contributed by atoms with van der Waals surface area (Å²) in [6, 6.07) is 17.4. The van der Waals surface area contributed by atoms with Gasteiger partial charge in [-0.2, -0.15) is 5.10 Å². The van der Waals surface area contributed by atoms with Gasteiger partial charge in [0.2, 0.25) is 0 Å². The molecule has 0 spiro atoms. The number of aromatic nitrogens is 2. The summed E-state index contributed by atoms with van der Waals surface area (Å²) < 4.78 is 11.2. The van der Waals surface area contributed by atoms with E-state index in [0.717, 1.165) is 28.9 Å². The average Bonchev–Trinajstić information content (AvgIpc) is 3.17. The van der Waals surface area contributed by atoms with Crippen molar-refractivity contribution in [2.45, 2.75) is 26.0 Å². The van der Waals surface area contributed by atoms with Crippen LogP contribution < -0.4 is 9.47 Å². The normalized spacial score (nSPS) is 14.3. The standard InChI is InChI=1S/C22H23N3O3/c1-15(28-20-11-7-6-10-19(20)27-2)22(26)25-13-12-18-17(14-25)21(24-23-18)16-8-4-3-5-9-16/h3-11,15H,12-14H2,1-2H3,(H,23,24). The Balaban J connectivity index is 1.51. The largest absolute Gasteiger partial charge is 0.493 e. The Labute approximate surface area is 164 Å². The maximum atomic E-state index is 13.0. The highest BCUT2D eigenvalue weighted by Gasteiger charge is 2.29. The minimum absolute atomic E-state index is 0.0447. The first-order valence-corrected chi connectivity index (χ1v) is 9.37. The molecule has 0 bridgehead atoms. The molecule has 0 aliphatic carbocycles. The molecule has 2 heterocycles. The van der Waals surface area contributed by atoms with Gasteiger partial charge in [-0.1, -0.05) is 42.5 Å². The third-order valence-corrected chi connectivity index (χ3v) is 5.01. The van der Waals surface area contributed by atoms with Gasteiger partial charge in [0, 0.05) is 36.3 Å². The molecule has 0 saturated heterocycles. The summed E-state index contributed by atoms with van der Waals surface area (Å²) in [5.41, 5.74) is 4.13. The quantitative estimate of drug-likeness (QED) is 0.740. The highest BCUT2D eigenvalue weighted by atomic mass is 16.5. The average molecular weight is 377 g/mol. The number of carbonyl (C=O) groups excluding carboxylic acids is 1. The van der Waals surface area contributed by atoms with Gasteiger partial charge < -0.3 is 14.4 Å². The third-order valence-electron chi connectivity index (χ3n) is 5.01. The van der Waals surface area contributed by atoms with Crippen molar-refractivity contribution in [3.63, 3.8) is 0 Å². The molecule has 0 saturated carbocycles. The number of carbonyl (C=O) groups is 1. The smallest absolute Gasteiger partial charge is 0.263 e. The minimum Gasteiger partial charge on any atom is -0.493 e. The van der Waals surface area contributed by atoms with Crippen molar-refractivity contribution in [3.8, 4) is 22.8 Å². The minimum atomic E-state index is -0.607. The summed E-state index contributed by atoms with van der Waals surface area (Å²) in [4.78, 5) is 14.8. The van der Waals surface area contributed by atoms with Crippen molar-refractivity contribution >= 4 is 5.91 Å². The second kappa shape index (κ2) is 7.76. The van der Waals surface area contributed by atoms with E-state index in [1.54, 1.807) is 20.1 Å². The van der Waals surface area contributed by atoms with Gasteiger partial charge in [-0.15, -0.1) is 0 Å². The molecule has 1 unspecified atom stereocenters. The van der Waals surface area contributed by atoms with E-state index in [-0.39, 0.29) is 5.91 Å². The lowest BCUT2D eigenvalue weighted by molar-refractivity contribution is -0.138. The van der Waals surface area contributed by atoms with E-state index in [1.165, 1.54) is 0 Å². The zero-order chi connectivity index (χ0) is 19.5. The Morgan fingerprint density at radius 1 is 1.11 bits per heavy atom. The van der Waals surface area contributed by atoms with Crippen LogP contribution in [0.25, 0.3) is 11.3 Å². The van der Waals surface area contributed by atoms with E-state index in [0.29, 0.717) is 24.6 Å². The summed E-state index contributed by atoms with van der Waals surface area (Å²) in [7, 11) is 1.59. The molecule has 1 aliphatic heterocycles. The Morgan fingerprint density at radius 2 is 1.82 bits per heavy atom. The molecule has 144 valence electrons. The molecule has 28 heavy (non-hydrogen) atoms. The van der Waals surface area contributed by atoms with Crippen LogP contribution in [0.3, 0.4) is 0 Å². The molecule has 6 nitrogen and oxygen atoms in total. The molecule has 0 radical (unpaired) electrons. The first kappa shape index (κ1) is 18.1. The summed E-state index contributed by atoms with van der Waals surface area (Å²) in [6.45, 7) is 2.94. The second-order valence-electron chi connectivity index (χ2n) is 6.82. The fourth-order valence-electron chi connectivity index (χ4n) is 3.53. The molecule has 0 fully saturated rings. The van der Waals surface area contributed by atoms with Crippen LogP contribution in [0.5, 0.6) is 11.5 Å². The van der Waals surface area contributed by atoms with Crippen LogP contribution in [0.15, 0.2) is 54.6 Å². The zero-order valence-corrected chi connectivity index (χ0v) is 16.0. The molecule has 3 aromatic rings. The summed E-state index contributed by atoms with van der Waals surface area (Å²) in [6.07, 6.45) is 0.146. The number of hydrogen-bond donors (Lipinski definition) is 1. The van der Waals surface area contributed by atoms with Crippen LogP contribution in [0.4, 0.5) is 0 Å². The SMILES string of the molecule is COc1ccccc1OC(C)C(=O)N1CCc2[nH]nc(-c3ccccc3)c2C1. The molecular formula is C22H23N3O3. The van der Waals surface area contributed by atoms with Crippen LogP contribution in [-0.2, 0) is 17.8 Å². The van der Waals surface area contributed by atoms with E-state index < -0.39 is 6.10 Å². The molecule has 4 rings (SSSR count). The summed E-state index contributed by atoms with van der Waals surface area (Å²) in [5.74, 6) is 1.14. The number of rotatable bonds is 5. The van der Waals surface area contributed by atoms with E-state index in [4.69, 9.17) is 9.47 Å². The van der Waals surface area contributed by atoms with E-state index in [9.17, 15) is 4.79 Å². The van der Waals surface area contributed by atoms with Crippen LogP contribution in [-0.4, -0.2) is 40.8 Å². The van der Waals surface area contributed by atoms with Gasteiger partial charge in [0.05, 0.1) is 12.8 Å². The number of fused-ring (bicyclic) bond motifs is 1. The van der Waals surface area contributed by atoms with E-state index >= 15 is 0 Å². The molecule has 1 N–H and O–H groups in total. The number of hydrogen-bond acceptors (Lipinski definition) is 4. The summed E-state index contributed by atoms with van der Waals surface area (Å²) in [5, 5.41) is 7.62. The lowest BCUT2D eigenvalue weighted by Gasteiger charge is -2.29. The van der Waals surface area contributed by atoms with Crippen molar-refractivity contribution in [1.82, 2.24) is 15.1 Å². The van der Waals surface area contributed by atoms with Crippen LogP contribution in [0.2, 0.25) is 0 Å². The van der Waals surface area contributed by atoms with Crippen molar-refractivity contribution in [2.75, 3.05) is 13.7 Å². The first-order chi connectivity index (χ1) is 13.7. The van der Waals surface area contributed by atoms with E-state index in [1.807, 2.05) is 53.4 Å². The third kappa shape index (κ3) is 3.45. The van der Waals surface area contributed by atoms with Crippen molar-refractivity contribution in [2.24, 2.45) is 0 Å². The molecule has 6 heteroatoms. The maximum Gasteiger partial charge on any atom is 0.263 e. The van der Waals surface area contributed by atoms with Gasteiger partial charge in [0.1, 0.15) is 0 Å². The Hall–Kier alpha value is -3.28. The highest BCUT2D eigenvalue weighted by molar-refractivity contribution is 5.81. The first-order valence-electron chi connectivity index (χ1n) is 9.37. The molecule has 1 aliphatic rings. The van der Waals surface area contributed by atoms with Crippen molar-refractivity contribution < 1.29 is 14.3 Å². The molecule has 1 aromatic heterocycles. The lowest BCUT2D eigenvalue weighted by Crippen LogP contribution is -2.43. The predicted octanol–water partition coefficient (Wildman–Crippen LogP) is 3.44. The second-order valence-corrected chi connectivity index (χ2v) is 6.82. The number of ether oxygens (including phenoxy) is 2. The monoisotopic (exact) mass is 377 g/mol. The molecule has 1 amide bonds. The maximum absolute atomic E-state index is 13.0. The number of amides is 1. The van der Waals surface area contributed by atoms with E-state index in [2.05, 4.69) is 10.2 Å². The van der Waals surface area contributed by atoms with Crippen LogP contribution in [0, 0.1) is 0 Å².